The lowest BCUT2D eigenvalue weighted by Crippen LogP contribution is -2.10. The SMILES string of the molecule is Nc1ccc2nc(Oc3cccc(F)c3F)[nH]c(=O)c2c1. The van der Waals surface area contributed by atoms with Crippen molar-refractivity contribution in [2.75, 3.05) is 5.73 Å². The predicted octanol–water partition coefficient (Wildman–Crippen LogP) is 2.58. The van der Waals surface area contributed by atoms with Crippen LogP contribution in [0.1, 0.15) is 0 Å². The lowest BCUT2D eigenvalue weighted by atomic mass is 10.2. The van der Waals surface area contributed by atoms with Gasteiger partial charge in [-0.05, 0) is 30.3 Å². The summed E-state index contributed by atoms with van der Waals surface area (Å²) in [6.45, 7) is 0. The smallest absolute Gasteiger partial charge is 0.302 e. The third-order valence-corrected chi connectivity index (χ3v) is 2.83. The van der Waals surface area contributed by atoms with Gasteiger partial charge in [0.15, 0.2) is 11.6 Å². The summed E-state index contributed by atoms with van der Waals surface area (Å²) in [6.07, 6.45) is 0. The summed E-state index contributed by atoms with van der Waals surface area (Å²) in [5.74, 6) is -2.58. The highest BCUT2D eigenvalue weighted by molar-refractivity contribution is 5.81. The molecule has 7 heteroatoms. The van der Waals surface area contributed by atoms with Crippen molar-refractivity contribution in [2.45, 2.75) is 0 Å². The van der Waals surface area contributed by atoms with Gasteiger partial charge in [-0.1, -0.05) is 6.07 Å². The molecule has 0 saturated heterocycles. The van der Waals surface area contributed by atoms with E-state index in [1.54, 1.807) is 6.07 Å². The average Bonchev–Trinajstić information content (AvgIpc) is 2.45. The number of nitrogens with one attached hydrogen (secondary N) is 1. The van der Waals surface area contributed by atoms with Crippen LogP contribution < -0.4 is 16.0 Å². The van der Waals surface area contributed by atoms with E-state index in [9.17, 15) is 13.6 Å². The van der Waals surface area contributed by atoms with Crippen LogP contribution >= 0.6 is 0 Å². The van der Waals surface area contributed by atoms with Gasteiger partial charge in [-0.25, -0.2) is 4.39 Å². The Bertz CT molecular complexity index is 893. The molecule has 3 aromatic rings. The van der Waals surface area contributed by atoms with Crippen molar-refractivity contribution in [1.29, 1.82) is 0 Å². The van der Waals surface area contributed by atoms with Crippen LogP contribution in [0.25, 0.3) is 10.9 Å². The first-order valence-corrected chi connectivity index (χ1v) is 5.96. The van der Waals surface area contributed by atoms with E-state index >= 15 is 0 Å². The number of nitrogens with two attached hydrogens (primary N) is 1. The van der Waals surface area contributed by atoms with Gasteiger partial charge in [0.2, 0.25) is 5.82 Å². The minimum atomic E-state index is -1.16. The number of aromatic amines is 1. The van der Waals surface area contributed by atoms with Crippen molar-refractivity contribution in [3.8, 4) is 11.8 Å². The Labute approximate surface area is 117 Å². The number of hydrogen-bond donors (Lipinski definition) is 2. The number of nitrogen functional groups attached to an aromatic ring is 1. The van der Waals surface area contributed by atoms with E-state index in [4.69, 9.17) is 10.5 Å². The zero-order valence-corrected chi connectivity index (χ0v) is 10.6. The Morgan fingerprint density at radius 1 is 1.19 bits per heavy atom. The number of fused-ring (bicyclic) bond motifs is 1. The molecule has 1 heterocycles. The fourth-order valence-electron chi connectivity index (χ4n) is 1.85. The molecule has 0 spiro atoms. The normalized spacial score (nSPS) is 10.8. The molecule has 0 radical (unpaired) electrons. The molecule has 0 aliphatic rings. The number of hydrogen-bond acceptors (Lipinski definition) is 4. The van der Waals surface area contributed by atoms with E-state index in [-0.39, 0.29) is 17.1 Å². The van der Waals surface area contributed by atoms with Crippen LogP contribution in [-0.4, -0.2) is 9.97 Å². The summed E-state index contributed by atoms with van der Waals surface area (Å²) < 4.78 is 31.7. The number of ether oxygens (including phenoxy) is 1. The Kier molecular flexibility index (Phi) is 3.02. The first-order chi connectivity index (χ1) is 10.0. The first-order valence-electron chi connectivity index (χ1n) is 5.96. The molecule has 5 nitrogen and oxygen atoms in total. The van der Waals surface area contributed by atoms with Crippen molar-refractivity contribution in [3.63, 3.8) is 0 Å². The fourth-order valence-corrected chi connectivity index (χ4v) is 1.85. The quantitative estimate of drug-likeness (QED) is 0.710. The van der Waals surface area contributed by atoms with Crippen molar-refractivity contribution in [2.24, 2.45) is 0 Å². The highest BCUT2D eigenvalue weighted by atomic mass is 19.2. The number of nitrogens with zero attached hydrogens (tertiary/aromatic N) is 1. The molecule has 106 valence electrons. The van der Waals surface area contributed by atoms with Crippen LogP contribution in [0.15, 0.2) is 41.2 Å². The predicted molar refractivity (Wildman–Crippen MR) is 73.2 cm³/mol. The molecule has 0 fully saturated rings. The molecule has 0 bridgehead atoms. The molecule has 0 unspecified atom stereocenters. The van der Waals surface area contributed by atoms with E-state index in [1.165, 1.54) is 24.3 Å². The van der Waals surface area contributed by atoms with Crippen LogP contribution in [0.5, 0.6) is 11.8 Å². The highest BCUT2D eigenvalue weighted by Crippen LogP contribution is 2.24. The minimum absolute atomic E-state index is 0.234. The van der Waals surface area contributed by atoms with Gasteiger partial charge in [0.25, 0.3) is 5.56 Å². The molecule has 3 N–H and O–H groups in total. The summed E-state index contributed by atoms with van der Waals surface area (Å²) in [6, 6.07) is 7.81. The van der Waals surface area contributed by atoms with Crippen molar-refractivity contribution < 1.29 is 13.5 Å². The molecule has 0 saturated carbocycles. The van der Waals surface area contributed by atoms with Crippen LogP contribution in [-0.2, 0) is 0 Å². The number of rotatable bonds is 2. The molecule has 1 aromatic heterocycles. The van der Waals surface area contributed by atoms with E-state index in [2.05, 4.69) is 9.97 Å². The Morgan fingerprint density at radius 2 is 2.00 bits per heavy atom. The van der Waals surface area contributed by atoms with Gasteiger partial charge in [-0.3, -0.25) is 9.78 Å². The molecule has 0 aliphatic carbocycles. The lowest BCUT2D eigenvalue weighted by molar-refractivity contribution is 0.393. The van der Waals surface area contributed by atoms with E-state index in [1.807, 2.05) is 0 Å². The number of benzene rings is 2. The Hall–Kier alpha value is -2.96. The molecular weight excluding hydrogens is 280 g/mol. The van der Waals surface area contributed by atoms with Crippen LogP contribution in [0.2, 0.25) is 0 Å². The van der Waals surface area contributed by atoms with Gasteiger partial charge in [-0.2, -0.15) is 9.37 Å². The topological polar surface area (TPSA) is 81.0 Å². The summed E-state index contributed by atoms with van der Waals surface area (Å²) in [4.78, 5) is 18.3. The maximum absolute atomic E-state index is 13.5. The molecule has 0 atom stereocenters. The minimum Gasteiger partial charge on any atom is -0.422 e. The highest BCUT2D eigenvalue weighted by Gasteiger charge is 2.12. The van der Waals surface area contributed by atoms with Gasteiger partial charge >= 0.3 is 6.01 Å². The largest absolute Gasteiger partial charge is 0.422 e. The van der Waals surface area contributed by atoms with Crippen molar-refractivity contribution in [3.05, 3.63) is 58.4 Å². The first kappa shape index (κ1) is 13.0. The second kappa shape index (κ2) is 4.86. The molecular formula is C14H9F2N3O2. The van der Waals surface area contributed by atoms with Crippen LogP contribution in [0.4, 0.5) is 14.5 Å². The van der Waals surface area contributed by atoms with Gasteiger partial charge < -0.3 is 10.5 Å². The van der Waals surface area contributed by atoms with Crippen molar-refractivity contribution >= 4 is 16.6 Å². The number of aromatic nitrogens is 2. The monoisotopic (exact) mass is 289 g/mol. The third-order valence-electron chi connectivity index (χ3n) is 2.83. The summed E-state index contributed by atoms with van der Waals surface area (Å²) in [7, 11) is 0. The molecule has 2 aromatic carbocycles. The lowest BCUT2D eigenvalue weighted by Gasteiger charge is -2.06. The molecule has 0 amide bonds. The standard InChI is InChI=1S/C14H9F2N3O2/c15-9-2-1-3-11(12(9)16)21-14-18-10-5-4-7(17)6-8(10)13(20)19-14/h1-6H,17H2,(H,18,19,20). The molecule has 3 rings (SSSR count). The third kappa shape index (κ3) is 2.40. The molecule has 21 heavy (non-hydrogen) atoms. The van der Waals surface area contributed by atoms with Gasteiger partial charge in [-0.15, -0.1) is 0 Å². The van der Waals surface area contributed by atoms with Crippen LogP contribution in [0.3, 0.4) is 0 Å². The van der Waals surface area contributed by atoms with Crippen LogP contribution in [0, 0.1) is 11.6 Å². The van der Waals surface area contributed by atoms with E-state index < -0.39 is 17.2 Å². The van der Waals surface area contributed by atoms with Crippen molar-refractivity contribution in [1.82, 2.24) is 9.97 Å². The second-order valence-corrected chi connectivity index (χ2v) is 4.30. The van der Waals surface area contributed by atoms with Gasteiger partial charge in [0.1, 0.15) is 0 Å². The number of halogens is 2. The van der Waals surface area contributed by atoms with E-state index in [0.717, 1.165) is 6.07 Å². The zero-order valence-electron chi connectivity index (χ0n) is 10.6. The average molecular weight is 289 g/mol. The second-order valence-electron chi connectivity index (χ2n) is 4.30. The van der Waals surface area contributed by atoms with Gasteiger partial charge in [0, 0.05) is 5.69 Å². The van der Waals surface area contributed by atoms with E-state index in [0.29, 0.717) is 11.2 Å². The number of H-pyrrole nitrogens is 1. The van der Waals surface area contributed by atoms with Gasteiger partial charge in [0.05, 0.1) is 10.9 Å². The summed E-state index contributed by atoms with van der Waals surface area (Å²) >= 11 is 0. The zero-order chi connectivity index (χ0) is 15.0. The fraction of sp³-hybridized carbons (Fsp3) is 0. The maximum atomic E-state index is 13.5. The maximum Gasteiger partial charge on any atom is 0.302 e. The summed E-state index contributed by atoms with van der Waals surface area (Å²) in [5.41, 5.74) is 5.85. The number of anilines is 1. The summed E-state index contributed by atoms with van der Waals surface area (Å²) in [5, 5.41) is 0.280. The Balaban J connectivity index is 2.08. The molecule has 0 aliphatic heterocycles. The Morgan fingerprint density at radius 3 is 2.81 bits per heavy atom.